The van der Waals surface area contributed by atoms with Crippen molar-refractivity contribution in [2.24, 2.45) is 5.92 Å². The smallest absolute Gasteiger partial charge is 0.308 e. The van der Waals surface area contributed by atoms with Crippen molar-refractivity contribution in [1.82, 2.24) is 4.90 Å². The first-order valence-electron chi connectivity index (χ1n) is 7.43. The number of carbonyl (C=O) groups excluding carboxylic acids is 1. The van der Waals surface area contributed by atoms with Crippen LogP contribution in [0.15, 0.2) is 40.8 Å². The number of halogens is 1. The average Bonchev–Trinajstić information content (AvgIpc) is 3.04. The highest BCUT2D eigenvalue weighted by atomic mass is 35.5. The van der Waals surface area contributed by atoms with Gasteiger partial charge in [0, 0.05) is 18.7 Å². The van der Waals surface area contributed by atoms with Gasteiger partial charge in [-0.2, -0.15) is 0 Å². The first-order valence-corrected chi connectivity index (χ1v) is 7.81. The first kappa shape index (κ1) is 15.6. The number of benzene rings is 1. The van der Waals surface area contributed by atoms with Crippen LogP contribution in [0.4, 0.5) is 0 Å². The molecule has 5 nitrogen and oxygen atoms in total. The highest BCUT2D eigenvalue weighted by molar-refractivity contribution is 6.33. The molecule has 1 amide bonds. The third kappa shape index (κ3) is 3.24. The molecule has 23 heavy (non-hydrogen) atoms. The van der Waals surface area contributed by atoms with Gasteiger partial charge >= 0.3 is 5.97 Å². The van der Waals surface area contributed by atoms with Crippen LogP contribution in [0.3, 0.4) is 0 Å². The maximum atomic E-state index is 12.5. The third-order valence-corrected chi connectivity index (χ3v) is 4.34. The van der Waals surface area contributed by atoms with E-state index >= 15 is 0 Å². The lowest BCUT2D eigenvalue weighted by Gasteiger charge is -2.29. The lowest BCUT2D eigenvalue weighted by molar-refractivity contribution is -0.143. The highest BCUT2D eigenvalue weighted by Gasteiger charge is 2.30. The Morgan fingerprint density at radius 3 is 2.74 bits per heavy atom. The highest BCUT2D eigenvalue weighted by Crippen LogP contribution is 2.29. The first-order chi connectivity index (χ1) is 11.1. The fraction of sp³-hybridized carbons (Fsp3) is 0.294. The number of amides is 1. The molecule has 1 fully saturated rings. The van der Waals surface area contributed by atoms with E-state index in [1.165, 1.54) is 4.90 Å². The van der Waals surface area contributed by atoms with Crippen molar-refractivity contribution in [3.8, 4) is 11.3 Å². The van der Waals surface area contributed by atoms with E-state index in [1.807, 2.05) is 18.2 Å². The topological polar surface area (TPSA) is 70.8 Å². The maximum absolute atomic E-state index is 12.5. The van der Waals surface area contributed by atoms with Crippen molar-refractivity contribution in [2.45, 2.75) is 12.8 Å². The molecule has 120 valence electrons. The Morgan fingerprint density at radius 1 is 1.22 bits per heavy atom. The van der Waals surface area contributed by atoms with Gasteiger partial charge in [0.05, 0.1) is 10.9 Å². The molecule has 0 spiro atoms. The Labute approximate surface area is 138 Å². The van der Waals surface area contributed by atoms with Gasteiger partial charge in [-0.1, -0.05) is 23.7 Å². The van der Waals surface area contributed by atoms with Crippen molar-refractivity contribution in [2.75, 3.05) is 13.1 Å². The van der Waals surface area contributed by atoms with Crippen LogP contribution in [0.1, 0.15) is 23.4 Å². The van der Waals surface area contributed by atoms with E-state index in [0.717, 1.165) is 5.56 Å². The van der Waals surface area contributed by atoms with E-state index in [-0.39, 0.29) is 18.2 Å². The van der Waals surface area contributed by atoms with E-state index in [0.29, 0.717) is 30.2 Å². The van der Waals surface area contributed by atoms with Gasteiger partial charge in [-0.25, -0.2) is 0 Å². The number of carboxylic acid groups (broad SMARTS) is 1. The molecule has 2 heterocycles. The number of carbonyl (C=O) groups is 2. The molecule has 0 bridgehead atoms. The molecular weight excluding hydrogens is 318 g/mol. The van der Waals surface area contributed by atoms with Gasteiger partial charge in [0.2, 0.25) is 0 Å². The summed E-state index contributed by atoms with van der Waals surface area (Å²) < 4.78 is 5.64. The number of likely N-dealkylation sites (tertiary alicyclic amines) is 1. The minimum atomic E-state index is -0.862. The number of nitrogens with zero attached hydrogens (tertiary/aromatic N) is 1. The summed E-state index contributed by atoms with van der Waals surface area (Å²) in [5, 5.41) is 9.66. The van der Waals surface area contributed by atoms with Gasteiger partial charge in [-0.15, -0.1) is 0 Å². The molecule has 0 radical (unpaired) electrons. The maximum Gasteiger partial charge on any atom is 0.308 e. The number of hydrogen-bond donors (Lipinski definition) is 1. The van der Waals surface area contributed by atoms with E-state index in [2.05, 4.69) is 0 Å². The summed E-state index contributed by atoms with van der Waals surface area (Å²) in [5.41, 5.74) is 0.718. The molecule has 1 aliphatic rings. The Kier molecular flexibility index (Phi) is 4.39. The molecule has 0 aliphatic carbocycles. The minimum absolute atomic E-state index is 0.200. The summed E-state index contributed by atoms with van der Waals surface area (Å²) in [7, 11) is 0. The van der Waals surface area contributed by atoms with Crippen LogP contribution in [0.2, 0.25) is 5.02 Å². The van der Waals surface area contributed by atoms with Crippen molar-refractivity contribution in [1.29, 1.82) is 0 Å². The van der Waals surface area contributed by atoms with Crippen molar-refractivity contribution in [3.05, 3.63) is 47.2 Å². The zero-order valence-electron chi connectivity index (χ0n) is 12.4. The summed E-state index contributed by atoms with van der Waals surface area (Å²) in [6.07, 6.45) is 1.28. The van der Waals surface area contributed by atoms with Crippen molar-refractivity contribution < 1.29 is 19.1 Å². The summed E-state index contributed by atoms with van der Waals surface area (Å²) in [6, 6.07) is 10.5. The number of furan rings is 1. The van der Waals surface area contributed by atoms with Crippen molar-refractivity contribution in [3.63, 3.8) is 0 Å². The summed E-state index contributed by atoms with van der Waals surface area (Å²) in [6.45, 7) is 0.765. The predicted molar refractivity (Wildman–Crippen MR) is 85.4 cm³/mol. The quantitative estimate of drug-likeness (QED) is 0.932. The van der Waals surface area contributed by atoms with Crippen LogP contribution in [0.25, 0.3) is 11.3 Å². The van der Waals surface area contributed by atoms with Gasteiger partial charge in [-0.05, 0) is 37.1 Å². The second kappa shape index (κ2) is 6.46. The fourth-order valence-electron chi connectivity index (χ4n) is 2.78. The lowest BCUT2D eigenvalue weighted by Crippen LogP contribution is -2.42. The number of carboxylic acids is 1. The molecule has 3 rings (SSSR count). The SMILES string of the molecule is O=C(O)[C@H]1CCCN(C(=O)c2ccc(-c3ccccc3Cl)o2)C1. The second-order valence-corrected chi connectivity index (χ2v) is 5.98. The number of rotatable bonds is 3. The van der Waals surface area contributed by atoms with Gasteiger partial charge in [0.15, 0.2) is 5.76 Å². The average molecular weight is 334 g/mol. The minimum Gasteiger partial charge on any atom is -0.481 e. The molecule has 0 saturated carbocycles. The predicted octanol–water partition coefficient (Wildman–Crippen LogP) is 3.54. The van der Waals surface area contributed by atoms with Crippen LogP contribution in [-0.2, 0) is 4.79 Å². The molecule has 1 atom stereocenters. The van der Waals surface area contributed by atoms with Gasteiger partial charge < -0.3 is 14.4 Å². The molecular formula is C17H16ClNO4. The van der Waals surface area contributed by atoms with Crippen LogP contribution < -0.4 is 0 Å². The summed E-state index contributed by atoms with van der Waals surface area (Å²) in [5.74, 6) is -0.935. The van der Waals surface area contributed by atoms with Crippen LogP contribution in [-0.4, -0.2) is 35.0 Å². The molecule has 6 heteroatoms. The third-order valence-electron chi connectivity index (χ3n) is 4.01. The van der Waals surface area contributed by atoms with E-state index in [9.17, 15) is 9.59 Å². The summed E-state index contributed by atoms with van der Waals surface area (Å²) >= 11 is 6.13. The van der Waals surface area contributed by atoms with Crippen molar-refractivity contribution >= 4 is 23.5 Å². The summed E-state index contributed by atoms with van der Waals surface area (Å²) in [4.78, 5) is 25.2. The molecule has 0 unspecified atom stereocenters. The fourth-order valence-corrected chi connectivity index (χ4v) is 3.01. The van der Waals surface area contributed by atoms with Crippen LogP contribution in [0.5, 0.6) is 0 Å². The van der Waals surface area contributed by atoms with Gasteiger partial charge in [0.25, 0.3) is 5.91 Å². The largest absolute Gasteiger partial charge is 0.481 e. The molecule has 1 N–H and O–H groups in total. The second-order valence-electron chi connectivity index (χ2n) is 5.57. The molecule has 1 aliphatic heterocycles. The van der Waals surface area contributed by atoms with Gasteiger partial charge in [0.1, 0.15) is 5.76 Å². The standard InChI is InChI=1S/C17H16ClNO4/c18-13-6-2-1-5-12(13)14-7-8-15(23-14)16(20)19-9-3-4-11(10-19)17(21)22/h1-2,5-8,11H,3-4,9-10H2,(H,21,22)/t11-/m0/s1. The lowest BCUT2D eigenvalue weighted by atomic mass is 9.98. The zero-order valence-corrected chi connectivity index (χ0v) is 13.1. The van der Waals surface area contributed by atoms with E-state index in [4.69, 9.17) is 21.1 Å². The Morgan fingerprint density at radius 2 is 2.00 bits per heavy atom. The molecule has 1 aromatic heterocycles. The molecule has 1 saturated heterocycles. The van der Waals surface area contributed by atoms with E-state index in [1.54, 1.807) is 18.2 Å². The van der Waals surface area contributed by atoms with Crippen LogP contribution >= 0.6 is 11.6 Å². The molecule has 1 aromatic carbocycles. The number of hydrogen-bond acceptors (Lipinski definition) is 3. The zero-order chi connectivity index (χ0) is 16.4. The Balaban J connectivity index is 1.79. The normalized spacial score (nSPS) is 18.0. The Bertz CT molecular complexity index is 740. The monoisotopic (exact) mass is 333 g/mol. The Hall–Kier alpha value is -2.27. The van der Waals surface area contributed by atoms with Crippen LogP contribution in [0, 0.1) is 5.92 Å². The molecule has 2 aromatic rings. The van der Waals surface area contributed by atoms with E-state index < -0.39 is 11.9 Å². The number of aliphatic carboxylic acids is 1. The number of piperidine rings is 1. The van der Waals surface area contributed by atoms with Gasteiger partial charge in [-0.3, -0.25) is 9.59 Å².